The van der Waals surface area contributed by atoms with Crippen LogP contribution in [0.1, 0.15) is 19.4 Å². The van der Waals surface area contributed by atoms with Gasteiger partial charge in [-0.2, -0.15) is 0 Å². The third-order valence-electron chi connectivity index (χ3n) is 3.31. The summed E-state index contributed by atoms with van der Waals surface area (Å²) in [6.07, 6.45) is 0. The average molecular weight is 323 g/mol. The third-order valence-corrected chi connectivity index (χ3v) is 4.98. The van der Waals surface area contributed by atoms with Gasteiger partial charge in [-0.05, 0) is 44.2 Å². The Morgan fingerprint density at radius 1 is 1.05 bits per heavy atom. The molecule has 1 N–H and O–H groups in total. The maximum absolute atomic E-state index is 13.9. The van der Waals surface area contributed by atoms with E-state index >= 15 is 0 Å². The van der Waals surface area contributed by atoms with E-state index in [9.17, 15) is 12.8 Å². The molecule has 0 saturated heterocycles. The minimum atomic E-state index is -3.78. The van der Waals surface area contributed by atoms with Gasteiger partial charge in [-0.15, -0.1) is 0 Å². The molecule has 2 aromatic carbocycles. The normalized spacial score (nSPS) is 12.2. The number of ether oxygens (including phenoxy) is 1. The Morgan fingerprint density at radius 2 is 1.64 bits per heavy atom. The lowest BCUT2D eigenvalue weighted by Crippen LogP contribution is -2.41. The largest absolute Gasteiger partial charge is 0.497 e. The summed E-state index contributed by atoms with van der Waals surface area (Å²) in [6, 6.07) is 12.1. The van der Waals surface area contributed by atoms with Gasteiger partial charge in [0.05, 0.1) is 17.5 Å². The molecule has 0 fully saturated rings. The second-order valence-electron chi connectivity index (χ2n) is 5.39. The van der Waals surface area contributed by atoms with Crippen LogP contribution in [0.3, 0.4) is 0 Å². The summed E-state index contributed by atoms with van der Waals surface area (Å²) in [5.41, 5.74) is -0.795. The lowest BCUT2D eigenvalue weighted by Gasteiger charge is -2.27. The van der Waals surface area contributed by atoms with E-state index in [2.05, 4.69) is 4.72 Å². The van der Waals surface area contributed by atoms with Gasteiger partial charge in [0, 0.05) is 5.56 Å². The molecular formula is C16H18FNO3S. The van der Waals surface area contributed by atoms with Crippen LogP contribution in [0.15, 0.2) is 53.4 Å². The molecule has 0 aromatic heterocycles. The highest BCUT2D eigenvalue weighted by Crippen LogP contribution is 2.26. The predicted molar refractivity (Wildman–Crippen MR) is 82.7 cm³/mol. The van der Waals surface area contributed by atoms with Gasteiger partial charge >= 0.3 is 0 Å². The summed E-state index contributed by atoms with van der Waals surface area (Å²) in [5, 5.41) is 0. The molecule has 6 heteroatoms. The topological polar surface area (TPSA) is 55.4 Å². The van der Waals surface area contributed by atoms with E-state index in [1.54, 1.807) is 44.2 Å². The number of halogens is 1. The van der Waals surface area contributed by atoms with Gasteiger partial charge in [-0.3, -0.25) is 0 Å². The Bertz CT molecular complexity index is 755. The zero-order valence-corrected chi connectivity index (χ0v) is 13.4. The molecule has 2 rings (SSSR count). The van der Waals surface area contributed by atoms with E-state index < -0.39 is 21.4 Å². The monoisotopic (exact) mass is 323 g/mol. The summed E-state index contributed by atoms with van der Waals surface area (Å²) in [6.45, 7) is 3.24. The smallest absolute Gasteiger partial charge is 0.241 e. The highest BCUT2D eigenvalue weighted by atomic mass is 32.2. The average Bonchev–Trinajstić information content (AvgIpc) is 2.46. The van der Waals surface area contributed by atoms with Crippen molar-refractivity contribution in [2.75, 3.05) is 7.11 Å². The van der Waals surface area contributed by atoms with E-state index in [4.69, 9.17) is 4.74 Å². The maximum atomic E-state index is 13.9. The quantitative estimate of drug-likeness (QED) is 0.920. The maximum Gasteiger partial charge on any atom is 0.241 e. The van der Waals surface area contributed by atoms with Crippen molar-refractivity contribution in [3.8, 4) is 5.75 Å². The minimum Gasteiger partial charge on any atom is -0.497 e. The van der Waals surface area contributed by atoms with Crippen LogP contribution in [0.25, 0.3) is 0 Å². The molecule has 0 spiro atoms. The number of hydrogen-bond acceptors (Lipinski definition) is 3. The third kappa shape index (κ3) is 3.45. The number of nitrogens with one attached hydrogen (secondary N) is 1. The molecule has 0 unspecified atom stereocenters. The van der Waals surface area contributed by atoms with Gasteiger partial charge in [0.15, 0.2) is 0 Å². The van der Waals surface area contributed by atoms with Gasteiger partial charge < -0.3 is 4.74 Å². The molecule has 0 radical (unpaired) electrons. The van der Waals surface area contributed by atoms with Gasteiger partial charge in [-0.1, -0.05) is 18.2 Å². The molecule has 0 saturated carbocycles. The van der Waals surface area contributed by atoms with Crippen molar-refractivity contribution < 1.29 is 17.5 Å². The summed E-state index contributed by atoms with van der Waals surface area (Å²) in [4.78, 5) is 0.0951. The highest BCUT2D eigenvalue weighted by molar-refractivity contribution is 7.89. The van der Waals surface area contributed by atoms with Crippen molar-refractivity contribution in [1.82, 2.24) is 4.72 Å². The van der Waals surface area contributed by atoms with Crippen molar-refractivity contribution in [2.45, 2.75) is 24.3 Å². The molecular weight excluding hydrogens is 305 g/mol. The van der Waals surface area contributed by atoms with Gasteiger partial charge in [-0.25, -0.2) is 17.5 Å². The van der Waals surface area contributed by atoms with Gasteiger partial charge in [0.2, 0.25) is 10.0 Å². The summed E-state index contributed by atoms with van der Waals surface area (Å²) in [5.74, 6) is 0.109. The predicted octanol–water partition coefficient (Wildman–Crippen LogP) is 3.05. The molecule has 0 aliphatic heterocycles. The first-order chi connectivity index (χ1) is 10.3. The first kappa shape index (κ1) is 16.5. The van der Waals surface area contributed by atoms with Crippen LogP contribution in [-0.4, -0.2) is 15.5 Å². The van der Waals surface area contributed by atoms with Crippen molar-refractivity contribution in [1.29, 1.82) is 0 Å². The number of sulfonamides is 1. The Morgan fingerprint density at radius 3 is 2.18 bits per heavy atom. The fourth-order valence-corrected chi connectivity index (χ4v) is 3.57. The molecule has 0 atom stereocenters. The second-order valence-corrected chi connectivity index (χ2v) is 7.07. The van der Waals surface area contributed by atoms with E-state index in [1.165, 1.54) is 25.3 Å². The fourth-order valence-electron chi connectivity index (χ4n) is 2.17. The van der Waals surface area contributed by atoms with Gasteiger partial charge in [0.1, 0.15) is 11.6 Å². The van der Waals surface area contributed by atoms with Crippen molar-refractivity contribution in [2.24, 2.45) is 0 Å². The molecule has 0 aliphatic rings. The number of hydrogen-bond donors (Lipinski definition) is 1. The zero-order valence-electron chi connectivity index (χ0n) is 12.6. The molecule has 0 aliphatic carbocycles. The molecule has 22 heavy (non-hydrogen) atoms. The number of rotatable bonds is 5. The van der Waals surface area contributed by atoms with Crippen molar-refractivity contribution in [3.63, 3.8) is 0 Å². The van der Waals surface area contributed by atoms with Gasteiger partial charge in [0.25, 0.3) is 0 Å². The summed E-state index contributed by atoms with van der Waals surface area (Å²) in [7, 11) is -2.28. The fraction of sp³-hybridized carbons (Fsp3) is 0.250. The second kappa shape index (κ2) is 6.06. The Labute approximate surface area is 130 Å². The van der Waals surface area contributed by atoms with Crippen molar-refractivity contribution >= 4 is 10.0 Å². The molecule has 4 nitrogen and oxygen atoms in total. The SMILES string of the molecule is COc1ccc(S(=O)(=O)NC(C)(C)c2ccccc2F)cc1. The number of methoxy groups -OCH3 is 1. The molecule has 0 heterocycles. The standard InChI is InChI=1S/C16H18FNO3S/c1-16(2,14-6-4-5-7-15(14)17)18-22(19,20)13-10-8-12(21-3)9-11-13/h4-11,18H,1-3H3. The zero-order chi connectivity index (χ0) is 16.4. The van der Waals surface area contributed by atoms with Crippen LogP contribution in [-0.2, 0) is 15.6 Å². The molecule has 0 bridgehead atoms. The van der Waals surface area contributed by atoms with Crippen LogP contribution >= 0.6 is 0 Å². The van der Waals surface area contributed by atoms with Crippen LogP contribution < -0.4 is 9.46 Å². The van der Waals surface area contributed by atoms with Crippen LogP contribution in [0.5, 0.6) is 5.75 Å². The van der Waals surface area contributed by atoms with Crippen LogP contribution in [0.2, 0.25) is 0 Å². The lowest BCUT2D eigenvalue weighted by molar-refractivity contribution is 0.414. The van der Waals surface area contributed by atoms with Crippen LogP contribution in [0.4, 0.5) is 4.39 Å². The first-order valence-corrected chi connectivity index (χ1v) is 8.17. The lowest BCUT2D eigenvalue weighted by atomic mass is 9.95. The summed E-state index contributed by atoms with van der Waals surface area (Å²) >= 11 is 0. The number of benzene rings is 2. The Kier molecular flexibility index (Phi) is 4.53. The Hall–Kier alpha value is -1.92. The molecule has 118 valence electrons. The van der Waals surface area contributed by atoms with E-state index in [-0.39, 0.29) is 10.5 Å². The van der Waals surface area contributed by atoms with Crippen molar-refractivity contribution in [3.05, 3.63) is 59.9 Å². The Balaban J connectivity index is 2.32. The highest BCUT2D eigenvalue weighted by Gasteiger charge is 2.30. The van der Waals surface area contributed by atoms with E-state index in [1.807, 2.05) is 0 Å². The molecule has 0 amide bonds. The van der Waals surface area contributed by atoms with E-state index in [0.717, 1.165) is 0 Å². The minimum absolute atomic E-state index is 0.0951. The summed E-state index contributed by atoms with van der Waals surface area (Å²) < 4.78 is 46.4. The first-order valence-electron chi connectivity index (χ1n) is 6.69. The van der Waals surface area contributed by atoms with Crippen LogP contribution in [0, 0.1) is 5.82 Å². The molecule has 2 aromatic rings. The van der Waals surface area contributed by atoms with E-state index in [0.29, 0.717) is 5.75 Å².